The van der Waals surface area contributed by atoms with Crippen LogP contribution < -0.4 is 10.2 Å². The summed E-state index contributed by atoms with van der Waals surface area (Å²) in [6.07, 6.45) is 8.98. The van der Waals surface area contributed by atoms with Crippen LogP contribution in [0.2, 0.25) is 0 Å². The van der Waals surface area contributed by atoms with E-state index in [4.69, 9.17) is 0 Å². The van der Waals surface area contributed by atoms with Gasteiger partial charge in [0.15, 0.2) is 0 Å². The van der Waals surface area contributed by atoms with Crippen molar-refractivity contribution < 1.29 is 4.79 Å². The van der Waals surface area contributed by atoms with Crippen LogP contribution in [0.1, 0.15) is 17.3 Å². The van der Waals surface area contributed by atoms with Crippen molar-refractivity contribution in [1.82, 2.24) is 29.6 Å². The first-order valence-electron chi connectivity index (χ1n) is 11.1. The molecule has 5 rings (SSSR count). The van der Waals surface area contributed by atoms with Crippen molar-refractivity contribution in [3.8, 4) is 11.3 Å². The van der Waals surface area contributed by atoms with Gasteiger partial charge in [-0.25, -0.2) is 9.97 Å². The largest absolute Gasteiger partial charge is 0.354 e. The number of hydrogen-bond acceptors (Lipinski definition) is 7. The Morgan fingerprint density at radius 3 is 2.61 bits per heavy atom. The zero-order chi connectivity index (χ0) is 22.8. The lowest BCUT2D eigenvalue weighted by molar-refractivity contribution is 0.102. The Labute approximate surface area is 192 Å². The fourth-order valence-corrected chi connectivity index (χ4v) is 3.89. The highest BCUT2D eigenvalue weighted by atomic mass is 16.1. The quantitative estimate of drug-likeness (QED) is 0.508. The van der Waals surface area contributed by atoms with Crippen LogP contribution in [-0.4, -0.2) is 68.8 Å². The number of piperazine rings is 1. The third kappa shape index (κ3) is 4.54. The first-order chi connectivity index (χ1) is 16.1. The van der Waals surface area contributed by atoms with Crippen LogP contribution in [0.15, 0.2) is 55.2 Å². The number of aryl methyl sites for hydroxylation is 1. The molecule has 5 heterocycles. The number of hydrogen-bond donors (Lipinski definition) is 1. The maximum atomic E-state index is 12.9. The van der Waals surface area contributed by atoms with Gasteiger partial charge < -0.3 is 15.1 Å². The lowest BCUT2D eigenvalue weighted by Crippen LogP contribution is -2.44. The normalized spacial score (nSPS) is 14.5. The Bertz CT molecular complexity index is 1290. The average molecular weight is 443 g/mol. The molecule has 1 N–H and O–H groups in total. The van der Waals surface area contributed by atoms with Gasteiger partial charge in [0.05, 0.1) is 11.9 Å². The molecule has 0 aliphatic carbocycles. The lowest BCUT2D eigenvalue weighted by atomic mass is 10.1. The number of amides is 1. The number of nitrogens with one attached hydrogen (secondary N) is 1. The summed E-state index contributed by atoms with van der Waals surface area (Å²) in [6, 6.07) is 7.42. The molecule has 4 aromatic rings. The van der Waals surface area contributed by atoms with E-state index in [1.165, 1.54) is 0 Å². The van der Waals surface area contributed by atoms with Crippen molar-refractivity contribution in [2.45, 2.75) is 13.5 Å². The second-order valence-corrected chi connectivity index (χ2v) is 8.22. The molecule has 0 bridgehead atoms. The summed E-state index contributed by atoms with van der Waals surface area (Å²) in [5, 5.41) is 9.09. The van der Waals surface area contributed by atoms with Crippen LogP contribution in [0.3, 0.4) is 0 Å². The van der Waals surface area contributed by atoms with E-state index in [1.54, 1.807) is 24.7 Å². The van der Waals surface area contributed by atoms with Crippen molar-refractivity contribution in [2.75, 3.05) is 43.4 Å². The second kappa shape index (κ2) is 8.95. The van der Waals surface area contributed by atoms with Gasteiger partial charge in [-0.05, 0) is 43.6 Å². The molecule has 4 aromatic heterocycles. The first kappa shape index (κ1) is 21.0. The maximum absolute atomic E-state index is 12.9. The molecule has 0 unspecified atom stereocenters. The highest BCUT2D eigenvalue weighted by Gasteiger charge is 2.17. The predicted molar refractivity (Wildman–Crippen MR) is 128 cm³/mol. The minimum Gasteiger partial charge on any atom is -0.354 e. The molecule has 0 saturated carbocycles. The Morgan fingerprint density at radius 2 is 1.82 bits per heavy atom. The molecule has 0 spiro atoms. The minimum atomic E-state index is -0.210. The summed E-state index contributed by atoms with van der Waals surface area (Å²) < 4.78 is 1.87. The summed E-state index contributed by atoms with van der Waals surface area (Å²) in [5.41, 5.74) is 2.34. The summed E-state index contributed by atoms with van der Waals surface area (Å²) in [4.78, 5) is 30.8. The monoisotopic (exact) mass is 442 g/mol. The van der Waals surface area contributed by atoms with Crippen molar-refractivity contribution in [2.24, 2.45) is 0 Å². The van der Waals surface area contributed by atoms with E-state index >= 15 is 0 Å². The zero-order valence-corrected chi connectivity index (χ0v) is 18.8. The summed E-state index contributed by atoms with van der Waals surface area (Å²) in [5.74, 6) is 1.11. The van der Waals surface area contributed by atoms with Crippen molar-refractivity contribution in [3.05, 3.63) is 60.8 Å². The van der Waals surface area contributed by atoms with Gasteiger partial charge in [0.1, 0.15) is 11.6 Å². The molecule has 1 aliphatic rings. The Morgan fingerprint density at radius 1 is 1.00 bits per heavy atom. The van der Waals surface area contributed by atoms with Crippen LogP contribution >= 0.6 is 0 Å². The molecule has 168 valence electrons. The number of carbonyl (C=O) groups excluding carboxylic acids is 1. The molecule has 9 heteroatoms. The van der Waals surface area contributed by atoms with Gasteiger partial charge in [-0.2, -0.15) is 5.10 Å². The molecule has 1 amide bonds. The third-order valence-electron chi connectivity index (χ3n) is 5.93. The minimum absolute atomic E-state index is 0.210. The van der Waals surface area contributed by atoms with E-state index in [0.717, 1.165) is 60.6 Å². The van der Waals surface area contributed by atoms with Crippen LogP contribution in [0.25, 0.3) is 22.0 Å². The SMILES string of the molecule is CCn1cc(-c2cc3cc(NC(=O)c4ccnc(N5CCN(C)CC5)c4)ncc3cn2)cn1. The molecule has 1 saturated heterocycles. The van der Waals surface area contributed by atoms with Crippen molar-refractivity contribution in [3.63, 3.8) is 0 Å². The maximum Gasteiger partial charge on any atom is 0.257 e. The van der Waals surface area contributed by atoms with Gasteiger partial charge in [0, 0.05) is 74.0 Å². The summed E-state index contributed by atoms with van der Waals surface area (Å²) >= 11 is 0. The fraction of sp³-hybridized carbons (Fsp3) is 0.292. The van der Waals surface area contributed by atoms with Gasteiger partial charge in [-0.3, -0.25) is 14.5 Å². The Kier molecular flexibility index (Phi) is 5.70. The average Bonchev–Trinajstić information content (AvgIpc) is 3.34. The number of rotatable bonds is 5. The smallest absolute Gasteiger partial charge is 0.257 e. The molecule has 0 atom stereocenters. The summed E-state index contributed by atoms with van der Waals surface area (Å²) in [7, 11) is 2.11. The van der Waals surface area contributed by atoms with Gasteiger partial charge >= 0.3 is 0 Å². The van der Waals surface area contributed by atoms with Gasteiger partial charge in [-0.15, -0.1) is 0 Å². The van der Waals surface area contributed by atoms with Gasteiger partial charge in [0.25, 0.3) is 5.91 Å². The van der Waals surface area contributed by atoms with Crippen LogP contribution in [-0.2, 0) is 6.54 Å². The van der Waals surface area contributed by atoms with Crippen LogP contribution in [0.4, 0.5) is 11.6 Å². The number of likely N-dealkylation sites (N-methyl/N-ethyl adjacent to an activating group) is 1. The fourth-order valence-electron chi connectivity index (χ4n) is 3.89. The molecule has 33 heavy (non-hydrogen) atoms. The number of anilines is 2. The van der Waals surface area contributed by atoms with Gasteiger partial charge in [0.2, 0.25) is 0 Å². The van der Waals surface area contributed by atoms with Gasteiger partial charge in [-0.1, -0.05) is 0 Å². The molecule has 0 radical (unpaired) electrons. The molecular weight excluding hydrogens is 416 g/mol. The Balaban J connectivity index is 1.35. The van der Waals surface area contributed by atoms with E-state index in [-0.39, 0.29) is 5.91 Å². The first-order valence-corrected chi connectivity index (χ1v) is 11.1. The number of carbonyl (C=O) groups is 1. The highest BCUT2D eigenvalue weighted by molar-refractivity contribution is 6.05. The van der Waals surface area contributed by atoms with Crippen molar-refractivity contribution in [1.29, 1.82) is 0 Å². The van der Waals surface area contributed by atoms with E-state index in [2.05, 4.69) is 42.2 Å². The van der Waals surface area contributed by atoms with Crippen molar-refractivity contribution >= 4 is 28.3 Å². The number of pyridine rings is 3. The van der Waals surface area contributed by atoms with E-state index in [0.29, 0.717) is 11.4 Å². The standard InChI is InChI=1S/C24H26N8O/c1-3-32-16-20(15-28-32)21-10-18-11-22(27-14-19(18)13-26-21)29-24(33)17-4-5-25-23(12-17)31-8-6-30(2)7-9-31/h4-5,10-16H,3,6-9H2,1-2H3,(H,27,29,33). The predicted octanol–water partition coefficient (Wildman–Crippen LogP) is 2.91. The van der Waals surface area contributed by atoms with E-state index in [1.807, 2.05) is 42.2 Å². The summed E-state index contributed by atoms with van der Waals surface area (Å²) in [6.45, 7) is 6.61. The van der Waals surface area contributed by atoms with E-state index < -0.39 is 0 Å². The van der Waals surface area contributed by atoms with E-state index in [9.17, 15) is 4.79 Å². The molecular formula is C24H26N8O. The van der Waals surface area contributed by atoms with Crippen LogP contribution in [0.5, 0.6) is 0 Å². The highest BCUT2D eigenvalue weighted by Crippen LogP contribution is 2.23. The second-order valence-electron chi connectivity index (χ2n) is 8.22. The molecule has 1 aliphatic heterocycles. The number of fused-ring (bicyclic) bond motifs is 1. The third-order valence-corrected chi connectivity index (χ3v) is 5.93. The molecule has 9 nitrogen and oxygen atoms in total. The topological polar surface area (TPSA) is 92.1 Å². The number of nitrogens with zero attached hydrogens (tertiary/aromatic N) is 7. The number of aromatic nitrogens is 5. The molecule has 1 fully saturated rings. The molecule has 0 aromatic carbocycles. The Hall–Kier alpha value is -3.85. The zero-order valence-electron chi connectivity index (χ0n) is 18.8. The lowest BCUT2D eigenvalue weighted by Gasteiger charge is -2.33. The van der Waals surface area contributed by atoms with Crippen LogP contribution in [0, 0.1) is 0 Å².